The molecule has 2 heterocycles. The second kappa shape index (κ2) is 7.30. The SMILES string of the molecule is N#Cc1c(C(F)(F)F)cc(-c2ccccc2)nc1SCc1cccs1. The van der Waals surface area contributed by atoms with Gasteiger partial charge in [0, 0.05) is 16.2 Å². The first-order valence-corrected chi connectivity index (χ1v) is 9.08. The molecule has 0 saturated carbocycles. The highest BCUT2D eigenvalue weighted by molar-refractivity contribution is 7.98. The maximum absolute atomic E-state index is 13.4. The van der Waals surface area contributed by atoms with Gasteiger partial charge in [-0.3, -0.25) is 0 Å². The number of aromatic nitrogens is 1. The van der Waals surface area contributed by atoms with Crippen LogP contribution < -0.4 is 0 Å². The van der Waals surface area contributed by atoms with Crippen LogP contribution in [0.15, 0.2) is 58.9 Å². The maximum Gasteiger partial charge on any atom is 0.417 e. The van der Waals surface area contributed by atoms with Crippen molar-refractivity contribution in [3.05, 3.63) is 69.9 Å². The predicted molar refractivity (Wildman–Crippen MR) is 93.3 cm³/mol. The largest absolute Gasteiger partial charge is 0.417 e. The molecule has 3 rings (SSSR count). The molecule has 0 spiro atoms. The lowest BCUT2D eigenvalue weighted by atomic mass is 10.1. The van der Waals surface area contributed by atoms with Gasteiger partial charge in [0.05, 0.1) is 16.8 Å². The van der Waals surface area contributed by atoms with Crippen LogP contribution >= 0.6 is 23.1 Å². The zero-order chi connectivity index (χ0) is 17.9. The molecular weight excluding hydrogens is 365 g/mol. The van der Waals surface area contributed by atoms with Crippen LogP contribution in [0.1, 0.15) is 16.0 Å². The minimum atomic E-state index is -4.62. The van der Waals surface area contributed by atoms with Gasteiger partial charge in [0.25, 0.3) is 0 Å². The second-order valence-corrected chi connectivity index (χ2v) is 7.08. The van der Waals surface area contributed by atoms with Crippen molar-refractivity contribution in [3.63, 3.8) is 0 Å². The van der Waals surface area contributed by atoms with Gasteiger partial charge in [-0.25, -0.2) is 4.98 Å². The molecule has 7 heteroatoms. The first kappa shape index (κ1) is 17.5. The molecule has 1 aromatic carbocycles. The second-order valence-electron chi connectivity index (χ2n) is 5.08. The Bertz CT molecular complexity index is 899. The van der Waals surface area contributed by atoms with E-state index in [-0.39, 0.29) is 10.7 Å². The number of nitrogens with zero attached hydrogens (tertiary/aromatic N) is 2. The Hall–Kier alpha value is -2.30. The standard InChI is InChI=1S/C18H11F3N2S2/c19-18(20,21)15-9-16(12-5-2-1-3-6-12)23-17(14(15)10-22)25-11-13-7-4-8-24-13/h1-9H,11H2. The summed E-state index contributed by atoms with van der Waals surface area (Å²) < 4.78 is 40.3. The van der Waals surface area contributed by atoms with E-state index in [4.69, 9.17) is 0 Å². The first-order valence-electron chi connectivity index (χ1n) is 7.22. The van der Waals surface area contributed by atoms with Crippen LogP contribution in [-0.2, 0) is 11.9 Å². The fourth-order valence-corrected chi connectivity index (χ4v) is 4.02. The Morgan fingerprint density at radius 2 is 1.88 bits per heavy atom. The Morgan fingerprint density at radius 3 is 2.48 bits per heavy atom. The van der Waals surface area contributed by atoms with Crippen molar-refractivity contribution in [2.75, 3.05) is 0 Å². The van der Waals surface area contributed by atoms with Crippen molar-refractivity contribution in [2.24, 2.45) is 0 Å². The molecule has 2 aromatic heterocycles. The summed E-state index contributed by atoms with van der Waals surface area (Å²) in [6, 6.07) is 15.1. The van der Waals surface area contributed by atoms with E-state index in [1.54, 1.807) is 36.4 Å². The Kier molecular flexibility index (Phi) is 5.11. The fourth-order valence-electron chi connectivity index (χ4n) is 2.25. The summed E-state index contributed by atoms with van der Waals surface area (Å²) in [6.45, 7) is 0. The molecule has 0 saturated heterocycles. The molecule has 0 fully saturated rings. The lowest BCUT2D eigenvalue weighted by Gasteiger charge is -2.14. The zero-order valence-electron chi connectivity index (χ0n) is 12.7. The summed E-state index contributed by atoms with van der Waals surface area (Å²) in [4.78, 5) is 5.34. The maximum atomic E-state index is 13.4. The van der Waals surface area contributed by atoms with Crippen LogP contribution in [0.5, 0.6) is 0 Å². The molecule has 0 unspecified atom stereocenters. The van der Waals surface area contributed by atoms with E-state index in [9.17, 15) is 18.4 Å². The number of benzene rings is 1. The van der Waals surface area contributed by atoms with Gasteiger partial charge in [-0.05, 0) is 17.5 Å². The average molecular weight is 376 g/mol. The molecule has 0 atom stereocenters. The predicted octanol–water partition coefficient (Wildman–Crippen LogP) is 5.99. The molecule has 0 radical (unpaired) electrons. The van der Waals surface area contributed by atoms with Gasteiger partial charge in [-0.1, -0.05) is 48.2 Å². The van der Waals surface area contributed by atoms with Crippen molar-refractivity contribution in [1.82, 2.24) is 4.98 Å². The summed E-state index contributed by atoms with van der Waals surface area (Å²) in [6.07, 6.45) is -4.62. The number of pyridine rings is 1. The molecule has 0 bridgehead atoms. The topological polar surface area (TPSA) is 36.7 Å². The highest BCUT2D eigenvalue weighted by atomic mass is 32.2. The average Bonchev–Trinajstić information content (AvgIpc) is 3.12. The Balaban J connectivity index is 2.09. The summed E-state index contributed by atoms with van der Waals surface area (Å²) >= 11 is 2.66. The molecule has 0 aliphatic rings. The number of rotatable bonds is 4. The first-order chi connectivity index (χ1) is 12.0. The zero-order valence-corrected chi connectivity index (χ0v) is 14.4. The smallest absolute Gasteiger partial charge is 0.240 e. The van der Waals surface area contributed by atoms with Crippen molar-refractivity contribution >= 4 is 23.1 Å². The van der Waals surface area contributed by atoms with Crippen molar-refractivity contribution in [3.8, 4) is 17.3 Å². The van der Waals surface area contributed by atoms with Gasteiger partial charge >= 0.3 is 6.18 Å². The van der Waals surface area contributed by atoms with Crippen LogP contribution in [-0.4, -0.2) is 4.98 Å². The molecule has 25 heavy (non-hydrogen) atoms. The number of hydrogen-bond acceptors (Lipinski definition) is 4. The summed E-state index contributed by atoms with van der Waals surface area (Å²) in [5.41, 5.74) is -0.581. The number of thioether (sulfide) groups is 1. The summed E-state index contributed by atoms with van der Waals surface area (Å²) in [7, 11) is 0. The van der Waals surface area contributed by atoms with E-state index in [1.165, 1.54) is 11.3 Å². The molecule has 2 nitrogen and oxygen atoms in total. The summed E-state index contributed by atoms with van der Waals surface area (Å²) in [5, 5.41) is 11.3. The monoisotopic (exact) mass is 376 g/mol. The van der Waals surface area contributed by atoms with Gasteiger partial charge in [-0.2, -0.15) is 18.4 Å². The van der Waals surface area contributed by atoms with Gasteiger partial charge in [-0.15, -0.1) is 11.3 Å². The van der Waals surface area contributed by atoms with E-state index in [0.717, 1.165) is 22.7 Å². The number of halogens is 3. The highest BCUT2D eigenvalue weighted by Gasteiger charge is 2.36. The van der Waals surface area contributed by atoms with Gasteiger partial charge in [0.15, 0.2) is 0 Å². The van der Waals surface area contributed by atoms with E-state index in [0.29, 0.717) is 11.3 Å². The molecular formula is C18H11F3N2S2. The number of hydrogen-bond donors (Lipinski definition) is 0. The minimum Gasteiger partial charge on any atom is -0.240 e. The van der Waals surface area contributed by atoms with Crippen molar-refractivity contribution < 1.29 is 13.2 Å². The van der Waals surface area contributed by atoms with E-state index >= 15 is 0 Å². The molecule has 126 valence electrons. The summed E-state index contributed by atoms with van der Waals surface area (Å²) in [5.74, 6) is 0.467. The Morgan fingerprint density at radius 1 is 1.12 bits per heavy atom. The van der Waals surface area contributed by atoms with Crippen molar-refractivity contribution in [1.29, 1.82) is 5.26 Å². The fraction of sp³-hybridized carbons (Fsp3) is 0.111. The molecule has 0 N–H and O–H groups in total. The third kappa shape index (κ3) is 4.03. The quantitative estimate of drug-likeness (QED) is 0.525. The normalized spacial score (nSPS) is 11.3. The van der Waals surface area contributed by atoms with Crippen LogP contribution in [0.25, 0.3) is 11.3 Å². The number of alkyl halides is 3. The van der Waals surface area contributed by atoms with Crippen LogP contribution in [0, 0.1) is 11.3 Å². The van der Waals surface area contributed by atoms with E-state index in [2.05, 4.69) is 4.98 Å². The lowest BCUT2D eigenvalue weighted by molar-refractivity contribution is -0.138. The Labute approximate surface area is 151 Å². The minimum absolute atomic E-state index is 0.101. The number of thiophene rings is 1. The van der Waals surface area contributed by atoms with Gasteiger partial charge < -0.3 is 0 Å². The van der Waals surface area contributed by atoms with E-state index < -0.39 is 17.3 Å². The third-order valence-corrected chi connectivity index (χ3v) is 5.49. The highest BCUT2D eigenvalue weighted by Crippen LogP contribution is 2.38. The van der Waals surface area contributed by atoms with Gasteiger partial charge in [0.1, 0.15) is 11.1 Å². The lowest BCUT2D eigenvalue weighted by Crippen LogP contribution is -2.10. The van der Waals surface area contributed by atoms with Crippen molar-refractivity contribution in [2.45, 2.75) is 17.0 Å². The molecule has 3 aromatic rings. The third-order valence-electron chi connectivity index (χ3n) is 3.40. The molecule has 0 aliphatic carbocycles. The van der Waals surface area contributed by atoms with Crippen LogP contribution in [0.3, 0.4) is 0 Å². The number of nitriles is 1. The van der Waals surface area contributed by atoms with Crippen LogP contribution in [0.4, 0.5) is 13.2 Å². The molecule has 0 aliphatic heterocycles. The van der Waals surface area contributed by atoms with Crippen LogP contribution in [0.2, 0.25) is 0 Å². The van der Waals surface area contributed by atoms with Gasteiger partial charge in [0.2, 0.25) is 0 Å². The molecule has 0 amide bonds. The van der Waals surface area contributed by atoms with E-state index in [1.807, 2.05) is 17.5 Å².